The molecule has 0 aliphatic heterocycles. The van der Waals surface area contributed by atoms with Gasteiger partial charge in [-0.05, 0) is 35.6 Å². The summed E-state index contributed by atoms with van der Waals surface area (Å²) < 4.78 is 0. The van der Waals surface area contributed by atoms with Crippen LogP contribution in [0.5, 0.6) is 5.75 Å². The number of aromatic nitrogens is 2. The predicted octanol–water partition coefficient (Wildman–Crippen LogP) is 3.56. The van der Waals surface area contributed by atoms with Gasteiger partial charge in [-0.3, -0.25) is 9.97 Å². The molecule has 19 heavy (non-hydrogen) atoms. The molecule has 94 valence electrons. The van der Waals surface area contributed by atoms with Crippen LogP contribution >= 0.6 is 0 Å². The highest BCUT2D eigenvalue weighted by Gasteiger charge is 2.02. The molecule has 0 saturated carbocycles. The van der Waals surface area contributed by atoms with Gasteiger partial charge in [0.2, 0.25) is 0 Å². The van der Waals surface area contributed by atoms with Crippen molar-refractivity contribution in [2.75, 3.05) is 0 Å². The van der Waals surface area contributed by atoms with Crippen LogP contribution in [0.15, 0.2) is 48.9 Å². The molecule has 3 nitrogen and oxygen atoms in total. The Kier molecular flexibility index (Phi) is 2.88. The van der Waals surface area contributed by atoms with Gasteiger partial charge in [0.1, 0.15) is 5.75 Å². The summed E-state index contributed by atoms with van der Waals surface area (Å²) >= 11 is 0. The number of rotatable bonds is 2. The minimum absolute atomic E-state index is 0.182. The third kappa shape index (κ3) is 2.27. The molecule has 3 heteroatoms. The summed E-state index contributed by atoms with van der Waals surface area (Å²) in [7, 11) is 0. The number of hydrogen-bond donors (Lipinski definition) is 1. The molecule has 0 aliphatic carbocycles. The van der Waals surface area contributed by atoms with Crippen LogP contribution < -0.4 is 0 Å². The zero-order valence-electron chi connectivity index (χ0n) is 10.7. The van der Waals surface area contributed by atoms with Crippen LogP contribution in [0.1, 0.15) is 12.6 Å². The fraction of sp³-hybridized carbons (Fsp3) is 0.125. The van der Waals surface area contributed by atoms with Crippen LogP contribution in [0.3, 0.4) is 0 Å². The molecule has 1 aromatic carbocycles. The summed E-state index contributed by atoms with van der Waals surface area (Å²) in [6.45, 7) is 2.09. The highest BCUT2D eigenvalue weighted by Crippen LogP contribution is 2.26. The third-order valence-corrected chi connectivity index (χ3v) is 3.20. The van der Waals surface area contributed by atoms with Crippen molar-refractivity contribution in [1.82, 2.24) is 9.97 Å². The van der Waals surface area contributed by atoms with E-state index in [1.54, 1.807) is 12.3 Å². The Morgan fingerprint density at radius 1 is 0.947 bits per heavy atom. The Hall–Kier alpha value is -2.42. The van der Waals surface area contributed by atoms with E-state index in [1.807, 2.05) is 18.3 Å². The minimum atomic E-state index is 0.182. The number of aryl methyl sites for hydroxylation is 1. The van der Waals surface area contributed by atoms with Gasteiger partial charge in [-0.1, -0.05) is 19.1 Å². The normalized spacial score (nSPS) is 10.8. The molecule has 2 heterocycles. The highest BCUT2D eigenvalue weighted by atomic mass is 16.3. The lowest BCUT2D eigenvalue weighted by molar-refractivity contribution is 0.473. The number of pyridine rings is 2. The van der Waals surface area contributed by atoms with Crippen LogP contribution in [0.2, 0.25) is 0 Å². The summed E-state index contributed by atoms with van der Waals surface area (Å²) in [6.07, 6.45) is 6.01. The first-order chi connectivity index (χ1) is 9.26. The molecular weight excluding hydrogens is 236 g/mol. The standard InChI is InChI=1S/C16H14N2O/c1-2-15-6-13-5-11(3-4-12(13)9-18-15)14-7-16(19)10-17-8-14/h3-10,19H,2H2,1H3. The number of fused-ring (bicyclic) bond motifs is 1. The molecule has 3 aromatic rings. The summed E-state index contributed by atoms with van der Waals surface area (Å²) in [5.74, 6) is 0.182. The number of nitrogens with zero attached hydrogens (tertiary/aromatic N) is 2. The second-order valence-corrected chi connectivity index (χ2v) is 4.52. The molecule has 2 aromatic heterocycles. The minimum Gasteiger partial charge on any atom is -0.506 e. The average Bonchev–Trinajstić information content (AvgIpc) is 2.46. The highest BCUT2D eigenvalue weighted by molar-refractivity contribution is 5.87. The van der Waals surface area contributed by atoms with Crippen LogP contribution in [-0.2, 0) is 6.42 Å². The molecule has 0 aliphatic rings. The summed E-state index contributed by atoms with van der Waals surface area (Å²) in [4.78, 5) is 8.40. The summed E-state index contributed by atoms with van der Waals surface area (Å²) in [6, 6.07) is 9.99. The largest absolute Gasteiger partial charge is 0.506 e. The van der Waals surface area contributed by atoms with Crippen molar-refractivity contribution in [2.24, 2.45) is 0 Å². The van der Waals surface area contributed by atoms with Gasteiger partial charge in [0, 0.05) is 29.0 Å². The second-order valence-electron chi connectivity index (χ2n) is 4.52. The monoisotopic (exact) mass is 250 g/mol. The maximum atomic E-state index is 9.50. The van der Waals surface area contributed by atoms with Gasteiger partial charge < -0.3 is 5.11 Å². The average molecular weight is 250 g/mol. The van der Waals surface area contributed by atoms with Crippen molar-refractivity contribution in [1.29, 1.82) is 0 Å². The Morgan fingerprint density at radius 3 is 2.63 bits per heavy atom. The van der Waals surface area contributed by atoms with Crippen molar-refractivity contribution in [3.05, 3.63) is 54.6 Å². The van der Waals surface area contributed by atoms with E-state index in [1.165, 1.54) is 6.20 Å². The van der Waals surface area contributed by atoms with E-state index in [9.17, 15) is 5.11 Å². The van der Waals surface area contributed by atoms with Gasteiger partial charge in [0.05, 0.1) is 6.20 Å². The van der Waals surface area contributed by atoms with E-state index in [0.717, 1.165) is 34.0 Å². The first-order valence-corrected chi connectivity index (χ1v) is 6.29. The van der Waals surface area contributed by atoms with Crippen LogP contribution in [-0.4, -0.2) is 15.1 Å². The fourth-order valence-electron chi connectivity index (χ4n) is 2.15. The van der Waals surface area contributed by atoms with Crippen LogP contribution in [0.4, 0.5) is 0 Å². The second kappa shape index (κ2) is 4.69. The molecule has 0 bridgehead atoms. The van der Waals surface area contributed by atoms with Gasteiger partial charge in [-0.2, -0.15) is 0 Å². The lowest BCUT2D eigenvalue weighted by atomic mass is 10.0. The van der Waals surface area contributed by atoms with Gasteiger partial charge in [-0.25, -0.2) is 0 Å². The summed E-state index contributed by atoms with van der Waals surface area (Å²) in [5.41, 5.74) is 3.04. The van der Waals surface area contributed by atoms with E-state index in [2.05, 4.69) is 29.0 Å². The molecule has 0 fully saturated rings. The smallest absolute Gasteiger partial charge is 0.134 e. The lowest BCUT2D eigenvalue weighted by Crippen LogP contribution is -1.87. The first-order valence-electron chi connectivity index (χ1n) is 6.29. The maximum absolute atomic E-state index is 9.50. The first kappa shape index (κ1) is 11.7. The van der Waals surface area contributed by atoms with Gasteiger partial charge >= 0.3 is 0 Å². The fourth-order valence-corrected chi connectivity index (χ4v) is 2.15. The van der Waals surface area contributed by atoms with Gasteiger partial charge in [-0.15, -0.1) is 0 Å². The Morgan fingerprint density at radius 2 is 1.84 bits per heavy atom. The molecule has 1 N–H and O–H groups in total. The Bertz CT molecular complexity index is 738. The Balaban J connectivity index is 2.15. The maximum Gasteiger partial charge on any atom is 0.134 e. The molecule has 0 unspecified atom stereocenters. The van der Waals surface area contributed by atoms with Crippen LogP contribution in [0, 0.1) is 0 Å². The van der Waals surface area contributed by atoms with Gasteiger partial charge in [0.15, 0.2) is 0 Å². The van der Waals surface area contributed by atoms with Gasteiger partial charge in [0.25, 0.3) is 0 Å². The SMILES string of the molecule is CCc1cc2cc(-c3cncc(O)c3)ccc2cn1. The van der Waals surface area contributed by atoms with E-state index in [-0.39, 0.29) is 5.75 Å². The van der Waals surface area contributed by atoms with Crippen molar-refractivity contribution in [3.8, 4) is 16.9 Å². The van der Waals surface area contributed by atoms with Crippen molar-refractivity contribution >= 4 is 10.8 Å². The molecule has 0 radical (unpaired) electrons. The van der Waals surface area contributed by atoms with E-state index >= 15 is 0 Å². The van der Waals surface area contributed by atoms with Crippen LogP contribution in [0.25, 0.3) is 21.9 Å². The Labute approximate surface area is 111 Å². The summed E-state index contributed by atoms with van der Waals surface area (Å²) in [5, 5.41) is 11.8. The molecular formula is C16H14N2O. The topological polar surface area (TPSA) is 46.0 Å². The quantitative estimate of drug-likeness (QED) is 0.756. The number of benzene rings is 1. The number of hydrogen-bond acceptors (Lipinski definition) is 3. The molecule has 0 spiro atoms. The number of aromatic hydroxyl groups is 1. The van der Waals surface area contributed by atoms with Crippen molar-refractivity contribution < 1.29 is 5.11 Å². The molecule has 0 atom stereocenters. The molecule has 3 rings (SSSR count). The predicted molar refractivity (Wildman–Crippen MR) is 76.0 cm³/mol. The van der Waals surface area contributed by atoms with E-state index in [4.69, 9.17) is 0 Å². The van der Waals surface area contributed by atoms with E-state index in [0.29, 0.717) is 0 Å². The zero-order chi connectivity index (χ0) is 13.2. The molecule has 0 saturated heterocycles. The lowest BCUT2D eigenvalue weighted by Gasteiger charge is -2.05. The van der Waals surface area contributed by atoms with Crippen molar-refractivity contribution in [2.45, 2.75) is 13.3 Å². The zero-order valence-corrected chi connectivity index (χ0v) is 10.7. The van der Waals surface area contributed by atoms with Crippen molar-refractivity contribution in [3.63, 3.8) is 0 Å². The third-order valence-electron chi connectivity index (χ3n) is 3.20. The van der Waals surface area contributed by atoms with E-state index < -0.39 is 0 Å². The molecule has 0 amide bonds.